The highest BCUT2D eigenvalue weighted by Crippen LogP contribution is 2.19. The van der Waals surface area contributed by atoms with Gasteiger partial charge in [0.15, 0.2) is 0 Å². The minimum Gasteiger partial charge on any atom is -0.310 e. The molecule has 0 spiro atoms. The predicted molar refractivity (Wildman–Crippen MR) is 80.3 cm³/mol. The minimum atomic E-state index is -0.0116. The first-order valence-corrected chi connectivity index (χ1v) is 6.72. The highest BCUT2D eigenvalue weighted by molar-refractivity contribution is 6.30. The van der Waals surface area contributed by atoms with Crippen LogP contribution in [0, 0.1) is 6.92 Å². The Hall–Kier alpha value is -2.07. The third-order valence-corrected chi connectivity index (χ3v) is 3.96. The van der Waals surface area contributed by atoms with Crippen LogP contribution in [0.1, 0.15) is 11.3 Å². The summed E-state index contributed by atoms with van der Waals surface area (Å²) in [5.74, 6) is 0. The number of nitrogens with zero attached hydrogens (tertiary/aromatic N) is 3. The summed E-state index contributed by atoms with van der Waals surface area (Å²) < 4.78 is 3.29. The second-order valence-corrected chi connectivity index (χ2v) is 5.17. The molecule has 4 nitrogen and oxygen atoms in total. The van der Waals surface area contributed by atoms with Gasteiger partial charge >= 0.3 is 0 Å². The molecule has 0 radical (unpaired) electrons. The fourth-order valence-corrected chi connectivity index (χ4v) is 2.61. The first-order valence-electron chi connectivity index (χ1n) is 6.34. The number of aryl methyl sites for hydroxylation is 2. The zero-order valence-corrected chi connectivity index (χ0v) is 12.1. The van der Waals surface area contributed by atoms with Gasteiger partial charge in [-0.25, -0.2) is 0 Å². The van der Waals surface area contributed by atoms with Gasteiger partial charge in [-0.3, -0.25) is 9.48 Å². The Kier molecular flexibility index (Phi) is 3.10. The smallest absolute Gasteiger partial charge is 0.258 e. The molecule has 5 heteroatoms. The van der Waals surface area contributed by atoms with Crippen molar-refractivity contribution in [3.8, 4) is 0 Å². The van der Waals surface area contributed by atoms with Gasteiger partial charge in [-0.05, 0) is 24.4 Å². The molecule has 0 amide bonds. The second kappa shape index (κ2) is 4.80. The summed E-state index contributed by atoms with van der Waals surface area (Å²) >= 11 is 6.22. The topological polar surface area (TPSA) is 39.8 Å². The first-order chi connectivity index (χ1) is 9.58. The van der Waals surface area contributed by atoms with Gasteiger partial charge in [-0.15, -0.1) is 0 Å². The van der Waals surface area contributed by atoms with Crippen LogP contribution in [-0.4, -0.2) is 14.3 Å². The van der Waals surface area contributed by atoms with Crippen molar-refractivity contribution in [3.63, 3.8) is 0 Å². The third-order valence-electron chi connectivity index (χ3n) is 3.48. The SMILES string of the molecule is Cc1nn(C)c(Cl)c1Cn1ccc2ccccc2c1=O. The fourth-order valence-electron chi connectivity index (χ4n) is 2.38. The van der Waals surface area contributed by atoms with Gasteiger partial charge in [-0.1, -0.05) is 29.8 Å². The number of halogens is 1. The largest absolute Gasteiger partial charge is 0.310 e. The summed E-state index contributed by atoms with van der Waals surface area (Å²) in [5, 5.41) is 6.50. The second-order valence-electron chi connectivity index (χ2n) is 4.81. The van der Waals surface area contributed by atoms with Crippen molar-refractivity contribution in [2.45, 2.75) is 13.5 Å². The maximum atomic E-state index is 12.5. The molecule has 0 aliphatic rings. The van der Waals surface area contributed by atoms with Crippen LogP contribution in [0.4, 0.5) is 0 Å². The van der Waals surface area contributed by atoms with Crippen molar-refractivity contribution in [1.82, 2.24) is 14.3 Å². The quantitative estimate of drug-likeness (QED) is 0.727. The average Bonchev–Trinajstić information content (AvgIpc) is 2.68. The molecule has 1 aromatic carbocycles. The molecule has 0 saturated carbocycles. The van der Waals surface area contributed by atoms with Crippen LogP contribution in [-0.2, 0) is 13.6 Å². The van der Waals surface area contributed by atoms with Crippen molar-refractivity contribution < 1.29 is 0 Å². The van der Waals surface area contributed by atoms with Gasteiger partial charge in [0, 0.05) is 24.2 Å². The Morgan fingerprint density at radius 3 is 2.70 bits per heavy atom. The van der Waals surface area contributed by atoms with Gasteiger partial charge < -0.3 is 4.57 Å². The molecule has 102 valence electrons. The molecule has 0 atom stereocenters. The maximum absolute atomic E-state index is 12.5. The van der Waals surface area contributed by atoms with Crippen LogP contribution in [0.25, 0.3) is 10.8 Å². The lowest BCUT2D eigenvalue weighted by molar-refractivity contribution is 0.753. The van der Waals surface area contributed by atoms with Crippen LogP contribution in [0.2, 0.25) is 5.15 Å². The Morgan fingerprint density at radius 1 is 1.25 bits per heavy atom. The molecule has 3 aromatic rings. The Balaban J connectivity index is 2.12. The number of pyridine rings is 1. The molecule has 0 unspecified atom stereocenters. The van der Waals surface area contributed by atoms with E-state index < -0.39 is 0 Å². The molecule has 2 heterocycles. The Bertz CT molecular complexity index is 848. The normalized spacial score (nSPS) is 11.2. The van der Waals surface area contributed by atoms with Crippen LogP contribution in [0.5, 0.6) is 0 Å². The van der Waals surface area contributed by atoms with Crippen LogP contribution >= 0.6 is 11.6 Å². The molecule has 0 fully saturated rings. The summed E-state index contributed by atoms with van der Waals surface area (Å²) in [6, 6.07) is 9.51. The highest BCUT2D eigenvalue weighted by Gasteiger charge is 2.12. The van der Waals surface area contributed by atoms with E-state index >= 15 is 0 Å². The molecule has 0 saturated heterocycles. The summed E-state index contributed by atoms with van der Waals surface area (Å²) in [4.78, 5) is 12.5. The lowest BCUT2D eigenvalue weighted by atomic mass is 10.1. The maximum Gasteiger partial charge on any atom is 0.258 e. The van der Waals surface area contributed by atoms with Crippen molar-refractivity contribution in [2.24, 2.45) is 7.05 Å². The number of hydrogen-bond donors (Lipinski definition) is 0. The first kappa shape index (κ1) is 12.9. The van der Waals surface area contributed by atoms with E-state index in [-0.39, 0.29) is 5.56 Å². The van der Waals surface area contributed by atoms with Gasteiger partial charge in [0.05, 0.1) is 12.2 Å². The fraction of sp³-hybridized carbons (Fsp3) is 0.200. The van der Waals surface area contributed by atoms with Gasteiger partial charge in [0.25, 0.3) is 5.56 Å². The molecular formula is C15H14ClN3O. The van der Waals surface area contributed by atoms with E-state index in [0.29, 0.717) is 17.1 Å². The molecule has 0 bridgehead atoms. The predicted octanol–water partition coefficient (Wildman–Crippen LogP) is 2.75. The van der Waals surface area contributed by atoms with Crippen molar-refractivity contribution in [3.05, 3.63) is 63.3 Å². The summed E-state index contributed by atoms with van der Waals surface area (Å²) in [6.45, 7) is 2.33. The lowest BCUT2D eigenvalue weighted by Crippen LogP contribution is -2.20. The van der Waals surface area contributed by atoms with Crippen LogP contribution in [0.3, 0.4) is 0 Å². The Morgan fingerprint density at radius 2 is 2.00 bits per heavy atom. The molecule has 2 aromatic heterocycles. The monoisotopic (exact) mass is 287 g/mol. The van der Waals surface area contributed by atoms with Gasteiger partial charge in [-0.2, -0.15) is 5.10 Å². The minimum absolute atomic E-state index is 0.0116. The number of rotatable bonds is 2. The van der Waals surface area contributed by atoms with Crippen LogP contribution in [0.15, 0.2) is 41.3 Å². The zero-order chi connectivity index (χ0) is 14.3. The van der Waals surface area contributed by atoms with E-state index in [2.05, 4.69) is 5.10 Å². The summed E-state index contributed by atoms with van der Waals surface area (Å²) in [6.07, 6.45) is 1.80. The number of fused-ring (bicyclic) bond motifs is 1. The third kappa shape index (κ3) is 2.02. The number of aromatic nitrogens is 3. The zero-order valence-electron chi connectivity index (χ0n) is 11.3. The molecule has 0 aliphatic heterocycles. The van der Waals surface area contributed by atoms with Crippen molar-refractivity contribution >= 4 is 22.4 Å². The van der Waals surface area contributed by atoms with E-state index in [9.17, 15) is 4.79 Å². The summed E-state index contributed by atoms with van der Waals surface area (Å²) in [5.41, 5.74) is 1.71. The van der Waals surface area contributed by atoms with Crippen LogP contribution < -0.4 is 5.56 Å². The standard InChI is InChI=1S/C15H14ClN3O/c1-10-13(14(16)18(2)17-10)9-19-8-7-11-5-3-4-6-12(11)15(19)20/h3-8H,9H2,1-2H3. The van der Waals surface area contributed by atoms with Gasteiger partial charge in [0.1, 0.15) is 5.15 Å². The number of hydrogen-bond acceptors (Lipinski definition) is 2. The van der Waals surface area contributed by atoms with E-state index in [1.54, 1.807) is 22.5 Å². The molecule has 3 rings (SSSR count). The highest BCUT2D eigenvalue weighted by atomic mass is 35.5. The molecular weight excluding hydrogens is 274 g/mol. The lowest BCUT2D eigenvalue weighted by Gasteiger charge is -2.07. The molecule has 20 heavy (non-hydrogen) atoms. The Labute approximate surface area is 121 Å². The average molecular weight is 288 g/mol. The summed E-state index contributed by atoms with van der Waals surface area (Å²) in [7, 11) is 1.79. The van der Waals surface area contributed by atoms with Crippen molar-refractivity contribution in [1.29, 1.82) is 0 Å². The van der Waals surface area contributed by atoms with E-state index in [0.717, 1.165) is 16.6 Å². The van der Waals surface area contributed by atoms with E-state index in [1.165, 1.54) is 0 Å². The number of benzene rings is 1. The van der Waals surface area contributed by atoms with E-state index in [4.69, 9.17) is 11.6 Å². The molecule has 0 N–H and O–H groups in total. The molecule has 0 aliphatic carbocycles. The van der Waals surface area contributed by atoms with Gasteiger partial charge in [0.2, 0.25) is 0 Å². The van der Waals surface area contributed by atoms with Crippen molar-refractivity contribution in [2.75, 3.05) is 0 Å². The van der Waals surface area contributed by atoms with E-state index in [1.807, 2.05) is 37.3 Å².